The summed E-state index contributed by atoms with van der Waals surface area (Å²) in [5, 5.41) is 0. The van der Waals surface area contributed by atoms with E-state index >= 15 is 0 Å². The van der Waals surface area contributed by atoms with E-state index in [1.54, 1.807) is 0 Å². The van der Waals surface area contributed by atoms with Crippen molar-refractivity contribution in [1.29, 1.82) is 0 Å². The van der Waals surface area contributed by atoms with Crippen molar-refractivity contribution in [2.45, 2.75) is 0 Å². The number of rotatable bonds is 8. The van der Waals surface area contributed by atoms with E-state index in [1.165, 1.54) is 0 Å². The lowest BCUT2D eigenvalue weighted by Crippen LogP contribution is -2.09. The summed E-state index contributed by atoms with van der Waals surface area (Å²) >= 11 is 0. The SMILES string of the molecule is C=CCN(C)C.C=CCN(C)C.C=CCN(C)C.C=CCN(C)C.Cl.O=P(O)(O)O. The van der Waals surface area contributed by atoms with Gasteiger partial charge in [-0.1, -0.05) is 24.3 Å². The van der Waals surface area contributed by atoms with Crippen LogP contribution in [0.4, 0.5) is 0 Å². The molecule has 0 amide bonds. The van der Waals surface area contributed by atoms with Gasteiger partial charge in [0, 0.05) is 26.2 Å². The van der Waals surface area contributed by atoms with Gasteiger partial charge in [-0.3, -0.25) is 0 Å². The fourth-order valence-electron chi connectivity index (χ4n) is 1.03. The normalized spacial score (nSPS) is 9.30. The maximum absolute atomic E-state index is 8.88. The Morgan fingerprint density at radius 3 is 0.667 bits per heavy atom. The summed E-state index contributed by atoms with van der Waals surface area (Å²) in [7, 11) is 11.5. The van der Waals surface area contributed by atoms with E-state index in [1.807, 2.05) is 80.7 Å². The van der Waals surface area contributed by atoms with Gasteiger partial charge in [-0.25, -0.2) is 4.57 Å². The molecule has 0 heterocycles. The Kier molecular flexibility index (Phi) is 47.2. The molecule has 8 nitrogen and oxygen atoms in total. The molecule has 0 radical (unpaired) electrons. The first-order chi connectivity index (χ1) is 13.1. The van der Waals surface area contributed by atoms with E-state index in [0.29, 0.717) is 0 Å². The maximum atomic E-state index is 8.88. The summed E-state index contributed by atoms with van der Waals surface area (Å²) in [4.78, 5) is 29.8. The second-order valence-corrected chi connectivity index (χ2v) is 7.74. The summed E-state index contributed by atoms with van der Waals surface area (Å²) in [6, 6.07) is 0. The molecule has 0 aromatic carbocycles. The summed E-state index contributed by atoms with van der Waals surface area (Å²) < 4.78 is 8.88. The third kappa shape index (κ3) is 149. The Labute approximate surface area is 192 Å². The van der Waals surface area contributed by atoms with Crippen LogP contribution in [0.15, 0.2) is 50.6 Å². The molecule has 3 N–H and O–H groups in total. The topological polar surface area (TPSA) is 90.7 Å². The predicted molar refractivity (Wildman–Crippen MR) is 137 cm³/mol. The molecule has 0 atom stereocenters. The second kappa shape index (κ2) is 32.9. The van der Waals surface area contributed by atoms with Crippen LogP contribution in [0.1, 0.15) is 0 Å². The second-order valence-electron chi connectivity index (χ2n) is 6.72. The van der Waals surface area contributed by atoms with Gasteiger partial charge in [0.25, 0.3) is 0 Å². The third-order valence-corrected chi connectivity index (χ3v) is 1.98. The minimum Gasteiger partial charge on any atom is -0.306 e. The van der Waals surface area contributed by atoms with Crippen molar-refractivity contribution in [2.75, 3.05) is 82.6 Å². The van der Waals surface area contributed by atoms with Gasteiger partial charge in [-0.05, 0) is 56.4 Å². The molecule has 0 rings (SSSR count). The maximum Gasteiger partial charge on any atom is 0.466 e. The van der Waals surface area contributed by atoms with Crippen molar-refractivity contribution < 1.29 is 19.2 Å². The van der Waals surface area contributed by atoms with E-state index in [9.17, 15) is 0 Å². The average molecular weight is 475 g/mol. The van der Waals surface area contributed by atoms with Crippen LogP contribution in [0.3, 0.4) is 0 Å². The standard InChI is InChI=1S/4C5H11N.ClH.H3O4P/c4*1-4-5-6(2)3;;1-5(2,3)4/h4*4H,1,5H2,2-3H3;1H;(H3,1,2,3,4). The molecule has 0 unspecified atom stereocenters. The zero-order chi connectivity index (χ0) is 24.5. The number of phosphoric acid groups is 1. The van der Waals surface area contributed by atoms with Crippen LogP contribution in [-0.4, -0.2) is 117 Å². The van der Waals surface area contributed by atoms with E-state index in [0.717, 1.165) is 26.2 Å². The molecule has 0 saturated carbocycles. The molecule has 0 bridgehead atoms. The van der Waals surface area contributed by atoms with Crippen LogP contribution in [-0.2, 0) is 4.57 Å². The first kappa shape index (κ1) is 43.1. The fourth-order valence-corrected chi connectivity index (χ4v) is 1.03. The van der Waals surface area contributed by atoms with Crippen LogP contribution in [0.5, 0.6) is 0 Å². The zero-order valence-corrected chi connectivity index (χ0v) is 22.1. The molecule has 184 valence electrons. The summed E-state index contributed by atoms with van der Waals surface area (Å²) in [5.74, 6) is 0. The highest BCUT2D eigenvalue weighted by molar-refractivity contribution is 7.45. The first-order valence-corrected chi connectivity index (χ1v) is 10.5. The molecule has 30 heavy (non-hydrogen) atoms. The van der Waals surface area contributed by atoms with Crippen molar-refractivity contribution in [3.8, 4) is 0 Å². The van der Waals surface area contributed by atoms with Gasteiger partial charge in [-0.15, -0.1) is 38.7 Å². The Balaban J connectivity index is -0.0000000596. The number of hydrogen-bond donors (Lipinski definition) is 3. The van der Waals surface area contributed by atoms with Crippen LogP contribution < -0.4 is 0 Å². The molecule has 0 aromatic rings. The van der Waals surface area contributed by atoms with Crippen LogP contribution >= 0.6 is 20.2 Å². The van der Waals surface area contributed by atoms with Crippen LogP contribution in [0, 0.1) is 0 Å². The molecule has 0 spiro atoms. The zero-order valence-electron chi connectivity index (χ0n) is 20.4. The van der Waals surface area contributed by atoms with E-state index in [4.69, 9.17) is 19.2 Å². The molecule has 0 fully saturated rings. The summed E-state index contributed by atoms with van der Waals surface area (Å²) in [6.07, 6.45) is 7.50. The highest BCUT2D eigenvalue weighted by atomic mass is 35.5. The van der Waals surface area contributed by atoms with E-state index in [-0.39, 0.29) is 12.4 Å². The van der Waals surface area contributed by atoms with Crippen molar-refractivity contribution in [3.05, 3.63) is 50.6 Å². The van der Waals surface area contributed by atoms with Gasteiger partial charge >= 0.3 is 7.82 Å². The quantitative estimate of drug-likeness (QED) is 0.365. The summed E-state index contributed by atoms with van der Waals surface area (Å²) in [5.41, 5.74) is 0. The van der Waals surface area contributed by atoms with Crippen molar-refractivity contribution in [2.24, 2.45) is 0 Å². The van der Waals surface area contributed by atoms with Gasteiger partial charge in [-0.2, -0.15) is 0 Å². The molecule has 10 heteroatoms. The van der Waals surface area contributed by atoms with Gasteiger partial charge in [0.1, 0.15) is 0 Å². The summed E-state index contributed by atoms with van der Waals surface area (Å²) in [6.45, 7) is 18.1. The van der Waals surface area contributed by atoms with Crippen LogP contribution in [0.25, 0.3) is 0 Å². The first-order valence-electron chi connectivity index (χ1n) is 8.89. The Hall–Kier alpha value is -0.800. The smallest absolute Gasteiger partial charge is 0.306 e. The lowest BCUT2D eigenvalue weighted by atomic mass is 10.6. The molecule has 0 aliphatic rings. The number of nitrogens with zero attached hydrogens (tertiary/aromatic N) is 4. The molecule has 0 aliphatic carbocycles. The largest absolute Gasteiger partial charge is 0.466 e. The van der Waals surface area contributed by atoms with Gasteiger partial charge in [0.2, 0.25) is 0 Å². The Bertz CT molecular complexity index is 351. The third-order valence-electron chi connectivity index (χ3n) is 1.98. The highest BCUT2D eigenvalue weighted by Crippen LogP contribution is 2.25. The lowest BCUT2D eigenvalue weighted by Gasteiger charge is -2.01. The van der Waals surface area contributed by atoms with E-state index < -0.39 is 7.82 Å². The molecule has 0 aliphatic heterocycles. The fraction of sp³-hybridized carbons (Fsp3) is 0.600. The average Bonchev–Trinajstić information content (AvgIpc) is 2.46. The Morgan fingerprint density at radius 2 is 0.667 bits per heavy atom. The number of halogens is 1. The predicted octanol–water partition coefficient (Wildman–Crippen LogP) is 2.43. The van der Waals surface area contributed by atoms with Crippen molar-refractivity contribution >= 4 is 20.2 Å². The highest BCUT2D eigenvalue weighted by Gasteiger charge is 2.00. The minimum atomic E-state index is -4.64. The monoisotopic (exact) mass is 474 g/mol. The van der Waals surface area contributed by atoms with E-state index in [2.05, 4.69) is 45.9 Å². The van der Waals surface area contributed by atoms with Crippen molar-refractivity contribution in [3.63, 3.8) is 0 Å². The van der Waals surface area contributed by atoms with Crippen molar-refractivity contribution in [1.82, 2.24) is 19.6 Å². The van der Waals surface area contributed by atoms with Gasteiger partial charge < -0.3 is 34.3 Å². The Morgan fingerprint density at radius 1 is 0.567 bits per heavy atom. The molecule has 0 aromatic heterocycles. The number of hydrogen-bond acceptors (Lipinski definition) is 5. The molecule has 0 saturated heterocycles. The van der Waals surface area contributed by atoms with Gasteiger partial charge in [0.15, 0.2) is 0 Å². The number of likely N-dealkylation sites (N-methyl/N-ethyl adjacent to an activating group) is 4. The molecular weight excluding hydrogens is 427 g/mol. The minimum absolute atomic E-state index is 0. The van der Waals surface area contributed by atoms with Crippen LogP contribution in [0.2, 0.25) is 0 Å². The van der Waals surface area contributed by atoms with Gasteiger partial charge in [0.05, 0.1) is 0 Å². The molecular formula is C20H48ClN4O4P. The lowest BCUT2D eigenvalue weighted by molar-refractivity contribution is 0.275.